The number of guanidine groups is 1. The number of nitrogens with zero attached hydrogens (tertiary/aromatic N) is 2. The molecule has 0 aliphatic carbocycles. The summed E-state index contributed by atoms with van der Waals surface area (Å²) in [6.07, 6.45) is 0. The van der Waals surface area contributed by atoms with Gasteiger partial charge in [0.1, 0.15) is 6.54 Å². The summed E-state index contributed by atoms with van der Waals surface area (Å²) in [4.78, 5) is 4.55. The van der Waals surface area contributed by atoms with Crippen LogP contribution in [0.3, 0.4) is 0 Å². The average molecular weight is 360 g/mol. The van der Waals surface area contributed by atoms with Gasteiger partial charge >= 0.3 is 0 Å². The first-order valence-electron chi connectivity index (χ1n) is 8.89. The highest BCUT2D eigenvalue weighted by Crippen LogP contribution is 2.30. The van der Waals surface area contributed by atoms with Crippen molar-refractivity contribution in [1.82, 2.24) is 10.5 Å². The molecule has 0 fully saturated rings. The Bertz CT molecular complexity index is 725. The zero-order valence-electron chi connectivity index (χ0n) is 16.1. The number of hydrogen-bond donors (Lipinski definition) is 2. The van der Waals surface area contributed by atoms with E-state index in [1.807, 2.05) is 38.1 Å². The van der Waals surface area contributed by atoms with Crippen LogP contribution in [-0.4, -0.2) is 31.4 Å². The molecule has 0 aliphatic heterocycles. The number of anilines is 1. The van der Waals surface area contributed by atoms with Crippen molar-refractivity contribution in [3.63, 3.8) is 0 Å². The fourth-order valence-corrected chi connectivity index (χ4v) is 2.30. The molecule has 0 saturated heterocycles. The molecule has 0 saturated carbocycles. The number of rotatable bonds is 8. The summed E-state index contributed by atoms with van der Waals surface area (Å²) in [5.74, 6) is 3.10. The third-order valence-electron chi connectivity index (χ3n) is 3.63. The van der Waals surface area contributed by atoms with E-state index in [1.165, 1.54) is 0 Å². The van der Waals surface area contributed by atoms with Crippen LogP contribution >= 0.6 is 0 Å². The monoisotopic (exact) mass is 360 g/mol. The van der Waals surface area contributed by atoms with Crippen LogP contribution in [0.2, 0.25) is 0 Å². The van der Waals surface area contributed by atoms with E-state index in [1.54, 1.807) is 7.11 Å². The number of nitrogens with one attached hydrogen (secondary N) is 2. The van der Waals surface area contributed by atoms with Crippen molar-refractivity contribution in [3.8, 4) is 11.5 Å². The first-order chi connectivity index (χ1) is 12.6. The molecule has 1 heterocycles. The second kappa shape index (κ2) is 9.70. The fourth-order valence-electron chi connectivity index (χ4n) is 2.30. The van der Waals surface area contributed by atoms with Gasteiger partial charge in [-0.05, 0) is 31.9 Å². The number of aromatic nitrogens is 1. The minimum absolute atomic E-state index is 0.333. The van der Waals surface area contributed by atoms with Crippen molar-refractivity contribution in [1.29, 1.82) is 0 Å². The molecule has 7 nitrogen and oxygen atoms in total. The summed E-state index contributed by atoms with van der Waals surface area (Å²) in [5.41, 5.74) is 1.79. The molecule has 0 aliphatic rings. The van der Waals surface area contributed by atoms with E-state index in [9.17, 15) is 0 Å². The van der Waals surface area contributed by atoms with Crippen LogP contribution in [0.5, 0.6) is 11.5 Å². The lowest BCUT2D eigenvalue weighted by atomic mass is 10.1. The molecular formula is C19H28N4O3. The summed E-state index contributed by atoms with van der Waals surface area (Å²) in [6, 6.07) is 7.62. The van der Waals surface area contributed by atoms with Crippen molar-refractivity contribution in [2.45, 2.75) is 40.2 Å². The van der Waals surface area contributed by atoms with Gasteiger partial charge in [-0.25, -0.2) is 4.99 Å². The molecule has 142 valence electrons. The summed E-state index contributed by atoms with van der Waals surface area (Å²) >= 11 is 0. The van der Waals surface area contributed by atoms with Gasteiger partial charge in [-0.1, -0.05) is 19.0 Å². The first kappa shape index (κ1) is 19.6. The van der Waals surface area contributed by atoms with Gasteiger partial charge in [0.05, 0.1) is 19.4 Å². The number of methoxy groups -OCH3 is 1. The van der Waals surface area contributed by atoms with Crippen molar-refractivity contribution < 1.29 is 14.0 Å². The summed E-state index contributed by atoms with van der Waals surface area (Å²) < 4.78 is 16.3. The lowest BCUT2D eigenvalue weighted by molar-refractivity contribution is 0.311. The predicted octanol–water partition coefficient (Wildman–Crippen LogP) is 3.78. The van der Waals surface area contributed by atoms with E-state index < -0.39 is 0 Å². The van der Waals surface area contributed by atoms with Gasteiger partial charge < -0.3 is 24.6 Å². The molecule has 0 atom stereocenters. The van der Waals surface area contributed by atoms with Crippen molar-refractivity contribution in [2.75, 3.05) is 25.6 Å². The van der Waals surface area contributed by atoms with Crippen molar-refractivity contribution in [3.05, 3.63) is 35.7 Å². The molecule has 0 unspecified atom stereocenters. The third-order valence-corrected chi connectivity index (χ3v) is 3.63. The summed E-state index contributed by atoms with van der Waals surface area (Å²) in [7, 11) is 1.62. The molecule has 2 rings (SSSR count). The first-order valence-corrected chi connectivity index (χ1v) is 8.89. The van der Waals surface area contributed by atoms with Crippen molar-refractivity contribution in [2.24, 2.45) is 4.99 Å². The van der Waals surface area contributed by atoms with E-state index in [2.05, 4.69) is 34.6 Å². The van der Waals surface area contributed by atoms with Gasteiger partial charge in [0.2, 0.25) is 0 Å². The molecule has 0 bridgehead atoms. The van der Waals surface area contributed by atoms with Crippen LogP contribution in [0, 0.1) is 0 Å². The Kier molecular flexibility index (Phi) is 7.32. The maximum Gasteiger partial charge on any atom is 0.196 e. The van der Waals surface area contributed by atoms with Gasteiger partial charge in [-0.3, -0.25) is 0 Å². The second-order valence-corrected chi connectivity index (χ2v) is 5.99. The Morgan fingerprint density at radius 2 is 2.04 bits per heavy atom. The molecule has 26 heavy (non-hydrogen) atoms. The summed E-state index contributed by atoms with van der Waals surface area (Å²) in [6.45, 7) is 9.85. The maximum atomic E-state index is 5.54. The highest BCUT2D eigenvalue weighted by atomic mass is 16.5. The van der Waals surface area contributed by atoms with Crippen LogP contribution in [0.25, 0.3) is 0 Å². The maximum absolute atomic E-state index is 5.54. The lowest BCUT2D eigenvalue weighted by Crippen LogP contribution is -2.30. The zero-order valence-corrected chi connectivity index (χ0v) is 16.1. The predicted molar refractivity (Wildman–Crippen MR) is 103 cm³/mol. The Labute approximate surface area is 154 Å². The van der Waals surface area contributed by atoms with E-state index in [0.29, 0.717) is 36.5 Å². The van der Waals surface area contributed by atoms with Gasteiger partial charge in [0.15, 0.2) is 23.2 Å². The van der Waals surface area contributed by atoms with Gasteiger partial charge in [-0.2, -0.15) is 0 Å². The lowest BCUT2D eigenvalue weighted by Gasteiger charge is -2.14. The number of hydrogen-bond acceptors (Lipinski definition) is 5. The Hall–Kier alpha value is -2.70. The quantitative estimate of drug-likeness (QED) is 0.551. The largest absolute Gasteiger partial charge is 0.493 e. The van der Waals surface area contributed by atoms with Gasteiger partial charge in [0.25, 0.3) is 0 Å². The topological polar surface area (TPSA) is 80.9 Å². The SMILES string of the molecule is CCNC(=NCc1cc(C(C)C)no1)Nc1ccc(OCC)c(OC)c1. The molecule has 2 N–H and O–H groups in total. The Morgan fingerprint density at radius 1 is 1.23 bits per heavy atom. The highest BCUT2D eigenvalue weighted by Gasteiger charge is 2.09. The normalized spacial score (nSPS) is 11.5. The van der Waals surface area contributed by atoms with Crippen LogP contribution in [0.4, 0.5) is 5.69 Å². The molecule has 0 radical (unpaired) electrons. The molecule has 0 amide bonds. The van der Waals surface area contributed by atoms with Gasteiger partial charge in [-0.15, -0.1) is 0 Å². The molecular weight excluding hydrogens is 332 g/mol. The minimum atomic E-state index is 0.333. The van der Waals surface area contributed by atoms with Crippen LogP contribution in [-0.2, 0) is 6.54 Å². The van der Waals surface area contributed by atoms with Crippen LogP contribution in [0.1, 0.15) is 45.1 Å². The van der Waals surface area contributed by atoms with Crippen molar-refractivity contribution >= 4 is 11.6 Å². The van der Waals surface area contributed by atoms with Crippen LogP contribution < -0.4 is 20.1 Å². The van der Waals surface area contributed by atoms with E-state index >= 15 is 0 Å². The number of benzene rings is 1. The minimum Gasteiger partial charge on any atom is -0.493 e. The van der Waals surface area contributed by atoms with Gasteiger partial charge in [0, 0.05) is 24.4 Å². The molecule has 0 spiro atoms. The zero-order chi connectivity index (χ0) is 18.9. The smallest absolute Gasteiger partial charge is 0.196 e. The van der Waals surface area contributed by atoms with E-state index in [-0.39, 0.29) is 0 Å². The van der Waals surface area contributed by atoms with E-state index in [0.717, 1.165) is 23.7 Å². The number of ether oxygens (including phenoxy) is 2. The third kappa shape index (κ3) is 5.40. The highest BCUT2D eigenvalue weighted by molar-refractivity contribution is 5.93. The second-order valence-electron chi connectivity index (χ2n) is 5.99. The Morgan fingerprint density at radius 3 is 2.65 bits per heavy atom. The molecule has 7 heteroatoms. The number of aliphatic imine (C=N–C) groups is 1. The summed E-state index contributed by atoms with van der Waals surface area (Å²) in [5, 5.41) is 10.5. The molecule has 2 aromatic rings. The standard InChI is InChI=1S/C19H28N4O3/c1-6-20-19(21-12-15-11-16(13(3)4)23-26-15)22-14-8-9-17(25-7-2)18(10-14)24-5/h8-11,13H,6-7,12H2,1-5H3,(H2,20,21,22). The fraction of sp³-hybridized carbons (Fsp3) is 0.474. The molecule has 1 aromatic heterocycles. The Balaban J connectivity index is 2.11. The van der Waals surface area contributed by atoms with E-state index in [4.69, 9.17) is 14.0 Å². The average Bonchev–Trinajstić information content (AvgIpc) is 3.10. The van der Waals surface area contributed by atoms with Crippen LogP contribution in [0.15, 0.2) is 33.8 Å². The molecule has 1 aromatic carbocycles.